The van der Waals surface area contributed by atoms with Gasteiger partial charge in [-0.3, -0.25) is 0 Å². The van der Waals surface area contributed by atoms with E-state index in [4.69, 9.17) is 9.97 Å². The fourth-order valence-corrected chi connectivity index (χ4v) is 3.57. The molecule has 0 saturated carbocycles. The summed E-state index contributed by atoms with van der Waals surface area (Å²) in [5.74, 6) is 1.89. The smallest absolute Gasteiger partial charge is 0.135 e. The molecule has 1 aliphatic heterocycles. The minimum absolute atomic E-state index is 0.770. The number of nitrogens with zero attached hydrogens (tertiary/aromatic N) is 5. The second-order valence-corrected chi connectivity index (χ2v) is 6.71. The highest BCUT2D eigenvalue weighted by atomic mass is 15.3. The summed E-state index contributed by atoms with van der Waals surface area (Å²) in [6, 6.07) is 10.3. The lowest BCUT2D eigenvalue weighted by Crippen LogP contribution is -2.22. The third-order valence-corrected chi connectivity index (χ3v) is 4.79. The molecule has 4 rings (SSSR count). The molecule has 1 aliphatic rings. The fourth-order valence-electron chi connectivity index (χ4n) is 3.57. The standard InChI is InChI=1S/C20H24N6/c1-15-23-18-9-12-21-11-8-17(18)20(24-15)25(2)14-16-6-3-4-7-19(16)26-13-5-10-22-26/h3-7,10,13,21H,8-9,11-12,14H2,1-2H3. The molecule has 26 heavy (non-hydrogen) atoms. The lowest BCUT2D eigenvalue weighted by atomic mass is 10.1. The van der Waals surface area contributed by atoms with Crippen molar-refractivity contribution < 1.29 is 0 Å². The molecule has 1 N–H and O–H groups in total. The topological polar surface area (TPSA) is 58.9 Å². The van der Waals surface area contributed by atoms with Crippen LogP contribution in [0.2, 0.25) is 0 Å². The van der Waals surface area contributed by atoms with E-state index in [1.807, 2.05) is 29.9 Å². The van der Waals surface area contributed by atoms with Gasteiger partial charge in [0.1, 0.15) is 11.6 Å². The van der Waals surface area contributed by atoms with Gasteiger partial charge in [0, 0.05) is 44.5 Å². The number of para-hydroxylation sites is 1. The van der Waals surface area contributed by atoms with Gasteiger partial charge in [0.05, 0.1) is 11.4 Å². The van der Waals surface area contributed by atoms with Gasteiger partial charge < -0.3 is 10.2 Å². The molecule has 6 heteroatoms. The van der Waals surface area contributed by atoms with E-state index in [0.717, 1.165) is 49.8 Å². The number of fused-ring (bicyclic) bond motifs is 1. The first-order chi connectivity index (χ1) is 12.7. The summed E-state index contributed by atoms with van der Waals surface area (Å²) < 4.78 is 1.92. The fraction of sp³-hybridized carbons (Fsp3) is 0.350. The van der Waals surface area contributed by atoms with E-state index >= 15 is 0 Å². The van der Waals surface area contributed by atoms with Gasteiger partial charge in [0.25, 0.3) is 0 Å². The molecule has 0 bridgehead atoms. The molecule has 0 atom stereocenters. The van der Waals surface area contributed by atoms with Crippen LogP contribution in [0.3, 0.4) is 0 Å². The first-order valence-electron chi connectivity index (χ1n) is 9.08. The highest BCUT2D eigenvalue weighted by molar-refractivity contribution is 5.51. The van der Waals surface area contributed by atoms with Crippen LogP contribution in [0.15, 0.2) is 42.7 Å². The highest BCUT2D eigenvalue weighted by Gasteiger charge is 2.19. The lowest BCUT2D eigenvalue weighted by molar-refractivity contribution is 0.708. The van der Waals surface area contributed by atoms with Crippen LogP contribution in [0, 0.1) is 6.92 Å². The Labute approximate surface area is 153 Å². The third kappa shape index (κ3) is 3.32. The highest BCUT2D eigenvalue weighted by Crippen LogP contribution is 2.25. The number of hydrogen-bond donors (Lipinski definition) is 1. The first-order valence-corrected chi connectivity index (χ1v) is 9.08. The molecule has 0 amide bonds. The summed E-state index contributed by atoms with van der Waals surface area (Å²) in [7, 11) is 2.11. The predicted octanol–water partition coefficient (Wildman–Crippen LogP) is 2.30. The van der Waals surface area contributed by atoms with Crippen molar-refractivity contribution in [2.24, 2.45) is 0 Å². The van der Waals surface area contributed by atoms with E-state index in [-0.39, 0.29) is 0 Å². The van der Waals surface area contributed by atoms with Crippen LogP contribution in [0.25, 0.3) is 5.69 Å². The zero-order valence-corrected chi connectivity index (χ0v) is 15.3. The lowest BCUT2D eigenvalue weighted by Gasteiger charge is -2.24. The summed E-state index contributed by atoms with van der Waals surface area (Å²) in [5, 5.41) is 7.85. The number of nitrogens with one attached hydrogen (secondary N) is 1. The van der Waals surface area contributed by atoms with Crippen molar-refractivity contribution in [1.29, 1.82) is 0 Å². The normalized spacial score (nSPS) is 13.9. The van der Waals surface area contributed by atoms with Crippen molar-refractivity contribution in [1.82, 2.24) is 25.1 Å². The van der Waals surface area contributed by atoms with Crippen molar-refractivity contribution in [2.45, 2.75) is 26.3 Å². The van der Waals surface area contributed by atoms with Crippen molar-refractivity contribution in [3.8, 4) is 5.69 Å². The van der Waals surface area contributed by atoms with E-state index in [1.165, 1.54) is 16.8 Å². The van der Waals surface area contributed by atoms with Gasteiger partial charge >= 0.3 is 0 Å². The largest absolute Gasteiger partial charge is 0.355 e. The summed E-state index contributed by atoms with van der Waals surface area (Å²) >= 11 is 0. The van der Waals surface area contributed by atoms with Crippen molar-refractivity contribution in [3.05, 3.63) is 65.4 Å². The molecule has 0 spiro atoms. The number of anilines is 1. The van der Waals surface area contributed by atoms with Crippen LogP contribution in [-0.2, 0) is 19.4 Å². The van der Waals surface area contributed by atoms with Crippen LogP contribution in [0.4, 0.5) is 5.82 Å². The van der Waals surface area contributed by atoms with E-state index in [0.29, 0.717) is 0 Å². The Balaban J connectivity index is 1.68. The zero-order chi connectivity index (χ0) is 17.9. The van der Waals surface area contributed by atoms with Gasteiger partial charge in [0.2, 0.25) is 0 Å². The van der Waals surface area contributed by atoms with Crippen LogP contribution in [-0.4, -0.2) is 39.9 Å². The average molecular weight is 348 g/mol. The molecule has 2 aromatic heterocycles. The van der Waals surface area contributed by atoms with Crippen molar-refractivity contribution >= 4 is 5.82 Å². The Morgan fingerprint density at radius 2 is 1.96 bits per heavy atom. The van der Waals surface area contributed by atoms with Crippen LogP contribution < -0.4 is 10.2 Å². The van der Waals surface area contributed by atoms with Gasteiger partial charge in [-0.1, -0.05) is 18.2 Å². The van der Waals surface area contributed by atoms with Crippen molar-refractivity contribution in [3.63, 3.8) is 0 Å². The number of aryl methyl sites for hydroxylation is 1. The maximum absolute atomic E-state index is 4.78. The molecule has 3 aromatic rings. The second-order valence-electron chi connectivity index (χ2n) is 6.71. The SMILES string of the molecule is Cc1nc2c(c(N(C)Cc3ccccc3-n3cccn3)n1)CCNCC2. The van der Waals surface area contributed by atoms with Gasteiger partial charge in [-0.15, -0.1) is 0 Å². The van der Waals surface area contributed by atoms with E-state index in [1.54, 1.807) is 6.20 Å². The molecule has 0 fully saturated rings. The molecule has 3 heterocycles. The van der Waals surface area contributed by atoms with Gasteiger partial charge in [-0.2, -0.15) is 5.10 Å². The summed E-state index contributed by atoms with van der Waals surface area (Å²) in [4.78, 5) is 11.7. The van der Waals surface area contributed by atoms with Gasteiger partial charge in [-0.25, -0.2) is 14.6 Å². The molecule has 0 radical (unpaired) electrons. The molecule has 0 unspecified atom stereocenters. The molecule has 0 aliphatic carbocycles. The molecule has 134 valence electrons. The van der Waals surface area contributed by atoms with E-state index in [2.05, 4.69) is 40.6 Å². The zero-order valence-electron chi connectivity index (χ0n) is 15.3. The van der Waals surface area contributed by atoms with E-state index in [9.17, 15) is 0 Å². The summed E-state index contributed by atoms with van der Waals surface area (Å²) in [6.07, 6.45) is 5.71. The number of aromatic nitrogens is 4. The average Bonchev–Trinajstić information content (AvgIpc) is 3.07. The third-order valence-electron chi connectivity index (χ3n) is 4.79. The summed E-state index contributed by atoms with van der Waals surface area (Å²) in [5.41, 5.74) is 4.78. The second kappa shape index (κ2) is 7.25. The number of rotatable bonds is 4. The maximum atomic E-state index is 4.78. The Bertz CT molecular complexity index is 887. The van der Waals surface area contributed by atoms with E-state index < -0.39 is 0 Å². The quantitative estimate of drug-likeness (QED) is 0.784. The maximum Gasteiger partial charge on any atom is 0.135 e. The molecule has 0 saturated heterocycles. The Morgan fingerprint density at radius 1 is 1.12 bits per heavy atom. The van der Waals surface area contributed by atoms with Gasteiger partial charge in [-0.05, 0) is 37.6 Å². The number of benzene rings is 1. The number of hydrogen-bond acceptors (Lipinski definition) is 5. The molecular weight excluding hydrogens is 324 g/mol. The molecule has 6 nitrogen and oxygen atoms in total. The molecule has 1 aromatic carbocycles. The van der Waals surface area contributed by atoms with Crippen LogP contribution in [0.5, 0.6) is 0 Å². The Kier molecular flexibility index (Phi) is 4.67. The monoisotopic (exact) mass is 348 g/mol. The van der Waals surface area contributed by atoms with Crippen LogP contribution in [0.1, 0.15) is 22.6 Å². The summed E-state index contributed by atoms with van der Waals surface area (Å²) in [6.45, 7) is 4.71. The van der Waals surface area contributed by atoms with Gasteiger partial charge in [0.15, 0.2) is 0 Å². The first kappa shape index (κ1) is 16.7. The van der Waals surface area contributed by atoms with Crippen molar-refractivity contribution in [2.75, 3.05) is 25.0 Å². The predicted molar refractivity (Wildman–Crippen MR) is 103 cm³/mol. The van der Waals surface area contributed by atoms with Crippen LogP contribution >= 0.6 is 0 Å². The molecular formula is C20H24N6. The Morgan fingerprint density at radius 3 is 2.81 bits per heavy atom. The minimum Gasteiger partial charge on any atom is -0.355 e. The minimum atomic E-state index is 0.770. The Hall–Kier alpha value is -2.73.